The molecule has 0 spiro atoms. The smallest absolute Gasteiger partial charge is 0.416 e. The zero-order chi connectivity index (χ0) is 19.9. The molecule has 0 fully saturated rings. The lowest BCUT2D eigenvalue weighted by Crippen LogP contribution is -2.90. The fraction of sp³-hybridized carbons (Fsp3) is 0.200. The first-order valence-electron chi connectivity index (χ1n) is 8.72. The minimum absolute atomic E-state index is 0. The molecule has 2 aromatic carbocycles. The quantitative estimate of drug-likeness (QED) is 0.734. The van der Waals surface area contributed by atoms with E-state index in [1.807, 2.05) is 41.6 Å². The molecule has 0 bridgehead atoms. The first-order chi connectivity index (χ1) is 13.4. The number of aliphatic hydroxyl groups is 1. The average molecular weight is 423 g/mol. The third-order valence-corrected chi connectivity index (χ3v) is 5.39. The van der Waals surface area contributed by atoms with Crippen molar-refractivity contribution in [3.05, 3.63) is 76.1 Å². The van der Waals surface area contributed by atoms with Gasteiger partial charge < -0.3 is 15.5 Å². The molecule has 2 aliphatic heterocycles. The van der Waals surface area contributed by atoms with Crippen LogP contribution in [0.25, 0.3) is 11.9 Å². The fourth-order valence-corrected chi connectivity index (χ4v) is 3.81. The summed E-state index contributed by atoms with van der Waals surface area (Å²) in [6.45, 7) is 0.715. The summed E-state index contributed by atoms with van der Waals surface area (Å²) >= 11 is 1.71. The predicted octanol–water partition coefficient (Wildman–Crippen LogP) is 1.78. The van der Waals surface area contributed by atoms with Crippen molar-refractivity contribution in [2.45, 2.75) is 6.18 Å². The molecule has 0 atom stereocenters. The average Bonchev–Trinajstić information content (AvgIpc) is 3.03. The van der Waals surface area contributed by atoms with Gasteiger partial charge in [0.2, 0.25) is 0 Å². The van der Waals surface area contributed by atoms with Crippen molar-refractivity contribution in [1.29, 1.82) is 0 Å². The van der Waals surface area contributed by atoms with E-state index in [2.05, 4.69) is 0 Å². The van der Waals surface area contributed by atoms with Gasteiger partial charge in [0.15, 0.2) is 11.4 Å². The number of hydrogen-bond acceptors (Lipinski definition) is 5. The molecule has 0 unspecified atom stereocenters. The summed E-state index contributed by atoms with van der Waals surface area (Å²) in [4.78, 5) is 2.00. The van der Waals surface area contributed by atoms with E-state index in [0.29, 0.717) is 17.9 Å². The zero-order valence-electron chi connectivity index (χ0n) is 15.5. The molecule has 4 N–H and O–H groups in total. The number of thioether (sulfide) groups is 1. The van der Waals surface area contributed by atoms with Crippen LogP contribution in [-0.4, -0.2) is 34.0 Å². The summed E-state index contributed by atoms with van der Waals surface area (Å²) in [6.07, 6.45) is -0.365. The summed E-state index contributed by atoms with van der Waals surface area (Å²) in [7, 11) is 0. The molecule has 0 amide bonds. The molecule has 2 heterocycles. The summed E-state index contributed by atoms with van der Waals surface area (Å²) in [5.41, 5.74) is 3.07. The van der Waals surface area contributed by atoms with Crippen molar-refractivity contribution < 1.29 is 29.2 Å². The first kappa shape index (κ1) is 21.1. The first-order valence-corrected chi connectivity index (χ1v) is 10.1. The second-order valence-corrected chi connectivity index (χ2v) is 7.52. The van der Waals surface area contributed by atoms with Gasteiger partial charge in [0.25, 0.3) is 5.88 Å². The van der Waals surface area contributed by atoms with Crippen LogP contribution in [0.5, 0.6) is 0 Å². The second-order valence-electron chi connectivity index (χ2n) is 6.53. The van der Waals surface area contributed by atoms with Crippen molar-refractivity contribution in [2.75, 3.05) is 23.6 Å². The number of alkyl halides is 3. The Labute approximate surface area is 169 Å². The van der Waals surface area contributed by atoms with E-state index < -0.39 is 11.7 Å². The molecule has 0 saturated carbocycles. The number of anilines is 1. The minimum atomic E-state index is -4.39. The number of benzene rings is 2. The van der Waals surface area contributed by atoms with Gasteiger partial charge in [0, 0.05) is 28.9 Å². The molecule has 0 radical (unpaired) electrons. The zero-order valence-corrected chi connectivity index (χ0v) is 16.3. The summed E-state index contributed by atoms with van der Waals surface area (Å²) < 4.78 is 38.6. The lowest BCUT2D eigenvalue weighted by atomic mass is 10.1. The maximum absolute atomic E-state index is 12.9. The summed E-state index contributed by atoms with van der Waals surface area (Å²) in [5, 5.41) is 14.5. The Morgan fingerprint density at radius 1 is 1.07 bits per heavy atom. The molecule has 0 aliphatic carbocycles. The third kappa shape index (κ3) is 3.81. The van der Waals surface area contributed by atoms with Crippen molar-refractivity contribution in [3.63, 3.8) is 0 Å². The lowest BCUT2D eigenvalue weighted by Gasteiger charge is -2.22. The molecule has 0 aromatic heterocycles. The monoisotopic (exact) mass is 423 g/mol. The molecule has 0 saturated heterocycles. The largest absolute Gasteiger partial charge is 0.870 e. The molecule has 2 aromatic rings. The van der Waals surface area contributed by atoms with Gasteiger partial charge in [-0.25, -0.2) is 5.43 Å². The van der Waals surface area contributed by atoms with Crippen LogP contribution in [0.1, 0.15) is 5.56 Å². The summed E-state index contributed by atoms with van der Waals surface area (Å²) in [6, 6.07) is 12.7. The highest BCUT2D eigenvalue weighted by Crippen LogP contribution is 2.32. The van der Waals surface area contributed by atoms with Gasteiger partial charge >= 0.3 is 6.18 Å². The normalized spacial score (nSPS) is 15.7. The van der Waals surface area contributed by atoms with Gasteiger partial charge in [0.1, 0.15) is 0 Å². The van der Waals surface area contributed by atoms with Crippen LogP contribution >= 0.6 is 11.8 Å². The van der Waals surface area contributed by atoms with Crippen LogP contribution in [0, 0.1) is 0 Å². The number of halogens is 3. The van der Waals surface area contributed by atoms with Gasteiger partial charge in [-0.15, -0.1) is 0 Å². The highest BCUT2D eigenvalue weighted by Gasteiger charge is 2.38. The maximum atomic E-state index is 12.9. The van der Waals surface area contributed by atoms with Gasteiger partial charge in [-0.1, -0.05) is 18.2 Å². The highest BCUT2D eigenvalue weighted by molar-refractivity contribution is 7.98. The third-order valence-electron chi connectivity index (χ3n) is 4.80. The van der Waals surface area contributed by atoms with Crippen molar-refractivity contribution in [1.82, 2.24) is 4.90 Å². The van der Waals surface area contributed by atoms with Crippen molar-refractivity contribution in [2.24, 2.45) is 0 Å². The Bertz CT molecular complexity index is 1050. The van der Waals surface area contributed by atoms with Crippen LogP contribution in [-0.2, 0) is 6.18 Å². The van der Waals surface area contributed by atoms with Crippen LogP contribution < -0.4 is 20.9 Å². The van der Waals surface area contributed by atoms with Gasteiger partial charge in [-0.3, -0.25) is 0 Å². The van der Waals surface area contributed by atoms with E-state index >= 15 is 0 Å². The second kappa shape index (κ2) is 8.02. The number of hydrogen-bond donors (Lipinski definition) is 2. The Kier molecular flexibility index (Phi) is 5.83. The molecule has 4 rings (SSSR count). The maximum Gasteiger partial charge on any atom is 0.416 e. The Morgan fingerprint density at radius 3 is 2.41 bits per heavy atom. The van der Waals surface area contributed by atoms with E-state index in [1.54, 1.807) is 17.2 Å². The Balaban J connectivity index is 0.00000240. The lowest BCUT2D eigenvalue weighted by molar-refractivity contribution is -0.568. The standard InChI is InChI=1S/C20H18F3N3OS.H2O/c1-28-11-10-25-12-13-4-2-3-5-16(13)17-18(25)19(27)26(24-17)15-8-6-14(7-9-15)20(21,22)23;/h2-9,12,24,27H,10-11H2,1H3;1H2. The Hall–Kier alpha value is -2.62. The predicted molar refractivity (Wildman–Crippen MR) is 106 cm³/mol. The number of rotatable bonds is 4. The molecule has 9 heteroatoms. The van der Waals surface area contributed by atoms with Crippen molar-refractivity contribution in [3.8, 4) is 0 Å². The van der Waals surface area contributed by atoms with Gasteiger partial charge in [-0.2, -0.15) is 29.9 Å². The SMILES string of the molecule is CSCCN1C=c2ccccc2=C2[NH2+]N(c3ccc(C(F)(F)F)cc3)C(O)=C21.[OH-]. The van der Waals surface area contributed by atoms with E-state index in [4.69, 9.17) is 0 Å². The number of aliphatic hydroxyl groups excluding tert-OH is 1. The number of fused-ring (bicyclic) bond motifs is 2. The van der Waals surface area contributed by atoms with E-state index in [9.17, 15) is 18.3 Å². The molecule has 154 valence electrons. The van der Waals surface area contributed by atoms with E-state index in [0.717, 1.165) is 34.0 Å². The number of nitrogens with zero attached hydrogens (tertiary/aromatic N) is 2. The van der Waals surface area contributed by atoms with E-state index in [-0.39, 0.29) is 11.4 Å². The van der Waals surface area contributed by atoms with Crippen LogP contribution in [0.3, 0.4) is 0 Å². The molecule has 5 nitrogen and oxygen atoms in total. The van der Waals surface area contributed by atoms with Crippen LogP contribution in [0.4, 0.5) is 18.9 Å². The molecular formula is C20H20F3N3O2S. The van der Waals surface area contributed by atoms with Gasteiger partial charge in [0.05, 0.1) is 11.3 Å². The molecule has 2 aliphatic rings. The fourth-order valence-electron chi connectivity index (χ4n) is 3.43. The topological polar surface area (TPSA) is 73.3 Å². The van der Waals surface area contributed by atoms with Crippen LogP contribution in [0.2, 0.25) is 0 Å². The molecule has 29 heavy (non-hydrogen) atoms. The van der Waals surface area contributed by atoms with Crippen molar-refractivity contribution >= 4 is 29.3 Å². The van der Waals surface area contributed by atoms with E-state index in [1.165, 1.54) is 17.1 Å². The molecular weight excluding hydrogens is 403 g/mol. The van der Waals surface area contributed by atoms with Crippen LogP contribution in [0.15, 0.2) is 60.1 Å². The Morgan fingerprint density at radius 2 is 1.76 bits per heavy atom. The number of quaternary nitrogens is 1. The summed E-state index contributed by atoms with van der Waals surface area (Å²) in [5.74, 6) is 0.893. The number of nitrogens with two attached hydrogens (primary N) is 1. The highest BCUT2D eigenvalue weighted by atomic mass is 32.2. The van der Waals surface area contributed by atoms with Gasteiger partial charge in [-0.05, 0) is 36.6 Å². The minimum Gasteiger partial charge on any atom is -0.870 e.